The highest BCUT2D eigenvalue weighted by Crippen LogP contribution is 2.40. The van der Waals surface area contributed by atoms with Crippen LogP contribution in [0.4, 0.5) is 19.0 Å². The second-order valence-electron chi connectivity index (χ2n) is 12.0. The first-order chi connectivity index (χ1) is 20.0. The number of hydrogen-bond acceptors (Lipinski definition) is 7. The number of pyridine rings is 1. The van der Waals surface area contributed by atoms with Gasteiger partial charge in [0.05, 0.1) is 10.9 Å². The van der Waals surface area contributed by atoms with Gasteiger partial charge in [-0.2, -0.15) is 9.97 Å². The Morgan fingerprint density at radius 3 is 2.51 bits per heavy atom. The van der Waals surface area contributed by atoms with Crippen LogP contribution in [-0.2, 0) is 0 Å². The lowest BCUT2D eigenvalue weighted by Crippen LogP contribution is -2.51. The third-order valence-electron chi connectivity index (χ3n) is 9.63. The van der Waals surface area contributed by atoms with Crippen LogP contribution in [-0.4, -0.2) is 70.3 Å². The van der Waals surface area contributed by atoms with E-state index in [2.05, 4.69) is 25.1 Å². The van der Waals surface area contributed by atoms with Crippen LogP contribution in [0.5, 0.6) is 6.01 Å². The van der Waals surface area contributed by atoms with Gasteiger partial charge in [0.1, 0.15) is 23.6 Å². The molecular weight excluding hydrogens is 529 g/mol. The number of ether oxygens (including phenoxy) is 1. The van der Waals surface area contributed by atoms with Gasteiger partial charge in [-0.05, 0) is 63.1 Å². The van der Waals surface area contributed by atoms with Gasteiger partial charge in [0.15, 0.2) is 17.5 Å². The van der Waals surface area contributed by atoms with Gasteiger partial charge in [-0.3, -0.25) is 9.88 Å². The molecule has 8 rings (SSSR count). The van der Waals surface area contributed by atoms with Crippen molar-refractivity contribution in [3.05, 3.63) is 54.0 Å². The summed E-state index contributed by atoms with van der Waals surface area (Å²) >= 11 is 0. The van der Waals surface area contributed by atoms with Crippen LogP contribution in [0.3, 0.4) is 0 Å². The van der Waals surface area contributed by atoms with E-state index >= 15 is 8.78 Å². The number of piperazine rings is 1. The summed E-state index contributed by atoms with van der Waals surface area (Å²) in [5, 5.41) is 4.56. The minimum atomic E-state index is -1.03. The predicted molar refractivity (Wildman–Crippen MR) is 151 cm³/mol. The SMILES string of the molecule is Fc1ccc2cccc(-c3ncc4c(N5C[C@H]6CC[C@@H](C5)N6)nc(OCC56CCCN5CCC6)nc4c3F)c2c1F. The zero-order chi connectivity index (χ0) is 27.7. The summed E-state index contributed by atoms with van der Waals surface area (Å²) in [5.41, 5.74) is 0.147. The first-order valence-electron chi connectivity index (χ1n) is 14.6. The van der Waals surface area contributed by atoms with Crippen molar-refractivity contribution in [2.24, 2.45) is 0 Å². The van der Waals surface area contributed by atoms with Crippen LogP contribution < -0.4 is 15.0 Å². The molecule has 2 aromatic carbocycles. The zero-order valence-electron chi connectivity index (χ0n) is 22.7. The van der Waals surface area contributed by atoms with Gasteiger partial charge in [0.2, 0.25) is 0 Å². The molecular formula is C31H31F3N6O. The van der Waals surface area contributed by atoms with Crippen molar-refractivity contribution in [3.8, 4) is 17.3 Å². The lowest BCUT2D eigenvalue weighted by Gasteiger charge is -2.34. The topological polar surface area (TPSA) is 66.4 Å². The summed E-state index contributed by atoms with van der Waals surface area (Å²) in [6.45, 7) is 4.09. The van der Waals surface area contributed by atoms with E-state index in [0.29, 0.717) is 35.3 Å². The van der Waals surface area contributed by atoms with E-state index in [9.17, 15) is 4.39 Å². The van der Waals surface area contributed by atoms with Gasteiger partial charge >= 0.3 is 6.01 Å². The van der Waals surface area contributed by atoms with Crippen LogP contribution in [0.25, 0.3) is 32.9 Å². The van der Waals surface area contributed by atoms with Crippen molar-refractivity contribution < 1.29 is 17.9 Å². The molecule has 7 nitrogen and oxygen atoms in total. The maximum absolute atomic E-state index is 16.5. The number of hydrogen-bond donors (Lipinski definition) is 1. The zero-order valence-corrected chi connectivity index (χ0v) is 22.7. The molecule has 4 aromatic rings. The van der Waals surface area contributed by atoms with Crippen LogP contribution in [0.15, 0.2) is 36.5 Å². The van der Waals surface area contributed by atoms with Gasteiger partial charge < -0.3 is 15.0 Å². The molecule has 10 heteroatoms. The summed E-state index contributed by atoms with van der Waals surface area (Å²) in [4.78, 5) is 18.6. The van der Waals surface area contributed by atoms with Gasteiger partial charge in [-0.15, -0.1) is 0 Å². The molecule has 4 fully saturated rings. The highest BCUT2D eigenvalue weighted by Gasteiger charge is 2.45. The molecule has 0 aliphatic carbocycles. The van der Waals surface area contributed by atoms with E-state index < -0.39 is 17.5 Å². The Bertz CT molecular complexity index is 1660. The smallest absolute Gasteiger partial charge is 0.319 e. The molecule has 2 bridgehead atoms. The van der Waals surface area contributed by atoms with Crippen LogP contribution >= 0.6 is 0 Å². The second kappa shape index (κ2) is 9.52. The average Bonchev–Trinajstić information content (AvgIpc) is 3.67. The number of fused-ring (bicyclic) bond motifs is 5. The molecule has 1 N–H and O–H groups in total. The van der Waals surface area contributed by atoms with Crippen molar-refractivity contribution in [2.45, 2.75) is 56.1 Å². The molecule has 0 saturated carbocycles. The number of nitrogens with one attached hydrogen (secondary N) is 1. The van der Waals surface area contributed by atoms with Crippen LogP contribution in [0.1, 0.15) is 38.5 Å². The molecule has 41 heavy (non-hydrogen) atoms. The fraction of sp³-hybridized carbons (Fsp3) is 0.452. The number of aromatic nitrogens is 3. The van der Waals surface area contributed by atoms with Gasteiger partial charge in [0.25, 0.3) is 0 Å². The molecule has 6 heterocycles. The molecule has 0 radical (unpaired) electrons. The minimum absolute atomic E-state index is 0.00987. The Morgan fingerprint density at radius 1 is 0.951 bits per heavy atom. The Hall–Kier alpha value is -3.50. The highest BCUT2D eigenvalue weighted by atomic mass is 19.2. The predicted octanol–water partition coefficient (Wildman–Crippen LogP) is 5.21. The fourth-order valence-electron chi connectivity index (χ4n) is 7.65. The third kappa shape index (κ3) is 4.06. The first-order valence-corrected chi connectivity index (χ1v) is 14.6. The average molecular weight is 561 g/mol. The van der Waals surface area contributed by atoms with Crippen molar-refractivity contribution in [3.63, 3.8) is 0 Å². The molecule has 4 aliphatic heterocycles. The standard InChI is InChI=1S/C31H31F3N6O/c32-23-9-6-18-4-1-5-21(24(18)25(23)33)27-26(34)28-22(14-35-27)29(39-15-19-7-8-20(16-39)36-19)38-30(37-28)41-17-31-10-2-12-40(31)13-3-11-31/h1,4-6,9,14,19-20,36H,2-3,7-8,10-13,15-17H2/t19-,20+. The van der Waals surface area contributed by atoms with Crippen LogP contribution in [0, 0.1) is 17.5 Å². The van der Waals surface area contributed by atoms with E-state index in [1.807, 2.05) is 0 Å². The molecule has 0 unspecified atom stereocenters. The number of halogens is 3. The monoisotopic (exact) mass is 560 g/mol. The molecule has 2 aromatic heterocycles. The molecule has 4 aliphatic rings. The summed E-state index contributed by atoms with van der Waals surface area (Å²) < 4.78 is 52.1. The number of nitrogens with zero attached hydrogens (tertiary/aromatic N) is 5. The van der Waals surface area contributed by atoms with Gasteiger partial charge in [-0.1, -0.05) is 24.3 Å². The minimum Gasteiger partial charge on any atom is -0.461 e. The Kier molecular flexibility index (Phi) is 5.86. The lowest BCUT2D eigenvalue weighted by atomic mass is 9.95. The molecule has 0 spiro atoms. The molecule has 4 saturated heterocycles. The van der Waals surface area contributed by atoms with Gasteiger partial charge in [-0.25, -0.2) is 13.2 Å². The largest absolute Gasteiger partial charge is 0.461 e. The van der Waals surface area contributed by atoms with E-state index in [4.69, 9.17) is 9.72 Å². The van der Waals surface area contributed by atoms with E-state index in [1.165, 1.54) is 6.07 Å². The second-order valence-corrected chi connectivity index (χ2v) is 12.0. The van der Waals surface area contributed by atoms with Crippen molar-refractivity contribution in [1.29, 1.82) is 0 Å². The maximum atomic E-state index is 16.5. The summed E-state index contributed by atoms with van der Waals surface area (Å²) in [6, 6.07) is 8.30. The highest BCUT2D eigenvalue weighted by molar-refractivity contribution is 5.99. The third-order valence-corrected chi connectivity index (χ3v) is 9.63. The molecule has 2 atom stereocenters. The maximum Gasteiger partial charge on any atom is 0.319 e. The van der Waals surface area contributed by atoms with Crippen molar-refractivity contribution in [2.75, 3.05) is 37.7 Å². The summed E-state index contributed by atoms with van der Waals surface area (Å²) in [6.07, 6.45) is 8.16. The van der Waals surface area contributed by atoms with E-state index in [-0.39, 0.29) is 33.7 Å². The normalized spacial score (nSPS) is 23.5. The molecule has 212 valence electrons. The van der Waals surface area contributed by atoms with Crippen LogP contribution in [0.2, 0.25) is 0 Å². The number of rotatable bonds is 5. The van der Waals surface area contributed by atoms with Crippen molar-refractivity contribution >= 4 is 27.5 Å². The van der Waals surface area contributed by atoms with Crippen molar-refractivity contribution in [1.82, 2.24) is 25.2 Å². The van der Waals surface area contributed by atoms with E-state index in [1.54, 1.807) is 24.4 Å². The lowest BCUT2D eigenvalue weighted by molar-refractivity contribution is 0.108. The number of anilines is 1. The van der Waals surface area contributed by atoms with E-state index in [0.717, 1.165) is 70.8 Å². The Morgan fingerprint density at radius 2 is 1.73 bits per heavy atom. The first kappa shape index (κ1) is 25.2. The molecule has 0 amide bonds. The Balaban J connectivity index is 1.26. The Labute approximate surface area is 235 Å². The van der Waals surface area contributed by atoms with Gasteiger partial charge in [0, 0.05) is 42.3 Å². The fourth-order valence-corrected chi connectivity index (χ4v) is 7.65. The quantitative estimate of drug-likeness (QED) is 0.360. The summed E-state index contributed by atoms with van der Waals surface area (Å²) in [7, 11) is 0. The number of benzene rings is 2. The summed E-state index contributed by atoms with van der Waals surface area (Å²) in [5.74, 6) is -2.12.